The molecule has 0 aliphatic carbocycles. The molecule has 1 atom stereocenters. The van der Waals surface area contributed by atoms with Crippen LogP contribution in [0, 0.1) is 5.92 Å². The van der Waals surface area contributed by atoms with Crippen LogP contribution in [0.4, 0.5) is 0 Å². The fourth-order valence-corrected chi connectivity index (χ4v) is 3.97. The Morgan fingerprint density at radius 3 is 2.33 bits per heavy atom. The van der Waals surface area contributed by atoms with Gasteiger partial charge in [-0.2, -0.15) is 0 Å². The van der Waals surface area contributed by atoms with Crippen molar-refractivity contribution in [3.63, 3.8) is 0 Å². The Morgan fingerprint density at radius 1 is 1.00 bits per heavy atom. The molecule has 0 aromatic heterocycles. The molecule has 0 bridgehead atoms. The van der Waals surface area contributed by atoms with Gasteiger partial charge in [0, 0.05) is 18.8 Å². The molecule has 1 unspecified atom stereocenters. The molecule has 2 rings (SSSR count). The predicted molar refractivity (Wildman–Crippen MR) is 127 cm³/mol. The SMILES string of the molecule is CC(C)CNC(=O)C(C)N(Cc1ccc(Cl)c(Cl)c1)C(=O)CSCc1ccccc1. The summed E-state index contributed by atoms with van der Waals surface area (Å²) in [5.74, 6) is 1.11. The van der Waals surface area contributed by atoms with Gasteiger partial charge in [0.25, 0.3) is 0 Å². The molecule has 0 aliphatic rings. The predicted octanol–water partition coefficient (Wildman–Crippen LogP) is 5.42. The summed E-state index contributed by atoms with van der Waals surface area (Å²) in [7, 11) is 0. The fraction of sp³-hybridized carbons (Fsp3) is 0.391. The summed E-state index contributed by atoms with van der Waals surface area (Å²) in [5.41, 5.74) is 1.99. The van der Waals surface area contributed by atoms with Crippen LogP contribution in [-0.2, 0) is 21.9 Å². The van der Waals surface area contributed by atoms with Crippen LogP contribution in [0.2, 0.25) is 10.0 Å². The van der Waals surface area contributed by atoms with E-state index in [1.54, 1.807) is 24.0 Å². The maximum absolute atomic E-state index is 13.0. The Kier molecular flexibility index (Phi) is 10.0. The summed E-state index contributed by atoms with van der Waals surface area (Å²) < 4.78 is 0. The molecule has 1 N–H and O–H groups in total. The van der Waals surface area contributed by atoms with Crippen molar-refractivity contribution in [1.82, 2.24) is 10.2 Å². The number of halogens is 2. The molecule has 0 fully saturated rings. The molecule has 0 heterocycles. The van der Waals surface area contributed by atoms with Crippen molar-refractivity contribution >= 4 is 46.8 Å². The highest BCUT2D eigenvalue weighted by Gasteiger charge is 2.26. The summed E-state index contributed by atoms with van der Waals surface area (Å²) in [5, 5.41) is 3.80. The van der Waals surface area contributed by atoms with E-state index in [1.165, 1.54) is 11.8 Å². The van der Waals surface area contributed by atoms with Crippen LogP contribution < -0.4 is 5.32 Å². The molecule has 30 heavy (non-hydrogen) atoms. The monoisotopic (exact) mass is 466 g/mol. The van der Waals surface area contributed by atoms with Gasteiger partial charge in [-0.15, -0.1) is 11.8 Å². The van der Waals surface area contributed by atoms with E-state index in [9.17, 15) is 9.59 Å². The summed E-state index contributed by atoms with van der Waals surface area (Å²) in [6, 6.07) is 14.7. The van der Waals surface area contributed by atoms with E-state index >= 15 is 0 Å². The second-order valence-corrected chi connectivity index (χ2v) is 9.36. The van der Waals surface area contributed by atoms with Gasteiger partial charge in [0.2, 0.25) is 11.8 Å². The van der Waals surface area contributed by atoms with Gasteiger partial charge < -0.3 is 10.2 Å². The number of thioether (sulfide) groups is 1. The first-order valence-electron chi connectivity index (χ1n) is 9.90. The second kappa shape index (κ2) is 12.2. The molecular weight excluding hydrogens is 439 g/mol. The van der Waals surface area contributed by atoms with E-state index in [0.717, 1.165) is 16.9 Å². The lowest BCUT2D eigenvalue weighted by Gasteiger charge is -2.29. The number of amides is 2. The summed E-state index contributed by atoms with van der Waals surface area (Å²) in [6.45, 7) is 6.68. The minimum atomic E-state index is -0.594. The van der Waals surface area contributed by atoms with Gasteiger partial charge in [-0.25, -0.2) is 0 Å². The first-order valence-corrected chi connectivity index (χ1v) is 11.8. The Morgan fingerprint density at radius 2 is 1.70 bits per heavy atom. The Hall–Kier alpha value is -1.69. The summed E-state index contributed by atoms with van der Waals surface area (Å²) in [4.78, 5) is 27.3. The molecule has 162 valence electrons. The molecule has 0 saturated heterocycles. The van der Waals surface area contributed by atoms with Gasteiger partial charge in [-0.1, -0.05) is 73.4 Å². The number of nitrogens with zero attached hydrogens (tertiary/aromatic N) is 1. The minimum Gasteiger partial charge on any atom is -0.354 e. The minimum absolute atomic E-state index is 0.0887. The number of carbonyl (C=O) groups is 2. The zero-order chi connectivity index (χ0) is 22.1. The van der Waals surface area contributed by atoms with E-state index in [0.29, 0.717) is 22.5 Å². The molecule has 0 saturated carbocycles. The maximum atomic E-state index is 13.0. The van der Waals surface area contributed by atoms with Crippen LogP contribution in [0.1, 0.15) is 31.9 Å². The van der Waals surface area contributed by atoms with E-state index in [2.05, 4.69) is 5.32 Å². The third-order valence-electron chi connectivity index (χ3n) is 4.53. The average molecular weight is 467 g/mol. The topological polar surface area (TPSA) is 49.4 Å². The van der Waals surface area contributed by atoms with Crippen molar-refractivity contribution in [2.45, 2.75) is 39.1 Å². The van der Waals surface area contributed by atoms with Crippen LogP contribution in [0.15, 0.2) is 48.5 Å². The molecule has 2 amide bonds. The lowest BCUT2D eigenvalue weighted by molar-refractivity contribution is -0.138. The molecule has 0 radical (unpaired) electrons. The second-order valence-electron chi connectivity index (χ2n) is 7.56. The van der Waals surface area contributed by atoms with Gasteiger partial charge in [-0.3, -0.25) is 9.59 Å². The zero-order valence-electron chi connectivity index (χ0n) is 17.5. The fourth-order valence-electron chi connectivity index (χ4n) is 2.78. The Bertz CT molecular complexity index is 846. The highest BCUT2D eigenvalue weighted by molar-refractivity contribution is 7.99. The number of benzene rings is 2. The van der Waals surface area contributed by atoms with Crippen LogP contribution in [-0.4, -0.2) is 35.1 Å². The van der Waals surface area contributed by atoms with Crippen LogP contribution in [0.25, 0.3) is 0 Å². The van der Waals surface area contributed by atoms with Gasteiger partial charge >= 0.3 is 0 Å². The number of hydrogen-bond acceptors (Lipinski definition) is 3. The lowest BCUT2D eigenvalue weighted by Crippen LogP contribution is -2.48. The third kappa shape index (κ3) is 7.86. The van der Waals surface area contributed by atoms with E-state index in [1.807, 2.05) is 50.2 Å². The van der Waals surface area contributed by atoms with Gasteiger partial charge in [-0.05, 0) is 36.1 Å². The van der Waals surface area contributed by atoms with Crippen molar-refractivity contribution in [1.29, 1.82) is 0 Å². The van der Waals surface area contributed by atoms with Crippen molar-refractivity contribution in [2.24, 2.45) is 5.92 Å². The Balaban J connectivity index is 2.08. The molecule has 0 spiro atoms. The smallest absolute Gasteiger partial charge is 0.242 e. The summed E-state index contributed by atoms with van der Waals surface area (Å²) >= 11 is 13.7. The Labute approximate surface area is 193 Å². The average Bonchev–Trinajstić information content (AvgIpc) is 2.72. The normalized spacial score (nSPS) is 11.9. The molecule has 4 nitrogen and oxygen atoms in total. The molecule has 7 heteroatoms. The number of carbonyl (C=O) groups excluding carboxylic acids is 2. The lowest BCUT2D eigenvalue weighted by atomic mass is 10.1. The number of rotatable bonds is 10. The van der Waals surface area contributed by atoms with Crippen molar-refractivity contribution in [3.05, 3.63) is 69.7 Å². The maximum Gasteiger partial charge on any atom is 0.242 e. The molecule has 2 aromatic carbocycles. The molecule has 2 aromatic rings. The van der Waals surface area contributed by atoms with E-state index < -0.39 is 6.04 Å². The van der Waals surface area contributed by atoms with Crippen molar-refractivity contribution in [2.75, 3.05) is 12.3 Å². The molecule has 0 aliphatic heterocycles. The highest BCUT2D eigenvalue weighted by Crippen LogP contribution is 2.24. The van der Waals surface area contributed by atoms with E-state index in [4.69, 9.17) is 23.2 Å². The van der Waals surface area contributed by atoms with Gasteiger partial charge in [0.1, 0.15) is 6.04 Å². The van der Waals surface area contributed by atoms with Gasteiger partial charge in [0.05, 0.1) is 15.8 Å². The third-order valence-corrected chi connectivity index (χ3v) is 6.25. The largest absolute Gasteiger partial charge is 0.354 e. The highest BCUT2D eigenvalue weighted by atomic mass is 35.5. The number of nitrogens with one attached hydrogen (secondary N) is 1. The van der Waals surface area contributed by atoms with Gasteiger partial charge in [0.15, 0.2) is 0 Å². The van der Waals surface area contributed by atoms with Crippen LogP contribution in [0.3, 0.4) is 0 Å². The van der Waals surface area contributed by atoms with Crippen LogP contribution in [0.5, 0.6) is 0 Å². The summed E-state index contributed by atoms with van der Waals surface area (Å²) in [6.07, 6.45) is 0. The van der Waals surface area contributed by atoms with Crippen LogP contribution >= 0.6 is 35.0 Å². The zero-order valence-corrected chi connectivity index (χ0v) is 19.9. The van der Waals surface area contributed by atoms with Crippen molar-refractivity contribution in [3.8, 4) is 0 Å². The first-order chi connectivity index (χ1) is 14.3. The quantitative estimate of drug-likeness (QED) is 0.508. The standard InChI is InChI=1S/C23H28Cl2N2O2S/c1-16(2)12-26-23(29)17(3)27(13-19-9-10-20(24)21(25)11-19)22(28)15-30-14-18-7-5-4-6-8-18/h4-11,16-17H,12-15H2,1-3H3,(H,26,29). The number of hydrogen-bond donors (Lipinski definition) is 1. The molecular formula is C23H28Cl2N2O2S. The van der Waals surface area contributed by atoms with E-state index in [-0.39, 0.29) is 24.1 Å². The first kappa shape index (κ1) is 24.6. The van der Waals surface area contributed by atoms with Crippen molar-refractivity contribution < 1.29 is 9.59 Å².